The SMILES string of the molecule is CC1=CC(C)=C(c2nn(C)c3nc(OC(C)C)n(C)c(=O)c23)C(C)=CC1. The zero-order chi connectivity index (χ0) is 19.2. The van der Waals surface area contributed by atoms with Gasteiger partial charge in [-0.1, -0.05) is 17.7 Å². The van der Waals surface area contributed by atoms with E-state index in [-0.39, 0.29) is 11.7 Å². The van der Waals surface area contributed by atoms with Crippen molar-refractivity contribution >= 4 is 16.6 Å². The molecule has 138 valence electrons. The first-order chi connectivity index (χ1) is 12.2. The highest BCUT2D eigenvalue weighted by atomic mass is 16.5. The summed E-state index contributed by atoms with van der Waals surface area (Å²) in [4.78, 5) is 17.7. The normalized spacial score (nSPS) is 15.4. The van der Waals surface area contributed by atoms with Gasteiger partial charge in [0.25, 0.3) is 5.56 Å². The van der Waals surface area contributed by atoms with Gasteiger partial charge in [-0.2, -0.15) is 10.1 Å². The fourth-order valence-electron chi connectivity index (χ4n) is 3.35. The molecule has 2 heterocycles. The van der Waals surface area contributed by atoms with Crippen LogP contribution in [0.4, 0.5) is 0 Å². The van der Waals surface area contributed by atoms with Crippen molar-refractivity contribution < 1.29 is 4.74 Å². The minimum atomic E-state index is -0.146. The van der Waals surface area contributed by atoms with Gasteiger partial charge in [0.2, 0.25) is 0 Å². The topological polar surface area (TPSA) is 61.9 Å². The van der Waals surface area contributed by atoms with Crippen molar-refractivity contribution in [1.82, 2.24) is 19.3 Å². The van der Waals surface area contributed by atoms with Crippen molar-refractivity contribution in [2.45, 2.75) is 47.1 Å². The number of fused-ring (bicyclic) bond motifs is 1. The molecule has 6 heteroatoms. The molecular weight excluding hydrogens is 328 g/mol. The van der Waals surface area contributed by atoms with E-state index >= 15 is 0 Å². The molecule has 0 unspecified atom stereocenters. The maximum absolute atomic E-state index is 13.1. The van der Waals surface area contributed by atoms with E-state index in [4.69, 9.17) is 4.74 Å². The summed E-state index contributed by atoms with van der Waals surface area (Å²) in [6.07, 6.45) is 5.19. The Morgan fingerprint density at radius 2 is 1.88 bits per heavy atom. The Bertz CT molecular complexity index is 1030. The minimum absolute atomic E-state index is 0.0663. The molecule has 0 aromatic carbocycles. The molecule has 0 fully saturated rings. The van der Waals surface area contributed by atoms with Crippen molar-refractivity contribution in [3.05, 3.63) is 44.9 Å². The molecule has 2 aromatic heterocycles. The first-order valence-electron chi connectivity index (χ1n) is 8.86. The van der Waals surface area contributed by atoms with Gasteiger partial charge >= 0.3 is 6.01 Å². The first-order valence-corrected chi connectivity index (χ1v) is 8.86. The van der Waals surface area contributed by atoms with E-state index in [1.165, 1.54) is 10.1 Å². The lowest BCUT2D eigenvalue weighted by atomic mass is 9.98. The number of ether oxygens (including phenoxy) is 1. The van der Waals surface area contributed by atoms with Crippen LogP contribution in [-0.2, 0) is 14.1 Å². The summed E-state index contributed by atoms with van der Waals surface area (Å²) < 4.78 is 8.82. The van der Waals surface area contributed by atoms with Gasteiger partial charge in [0.1, 0.15) is 11.1 Å². The summed E-state index contributed by atoms with van der Waals surface area (Å²) in [5, 5.41) is 5.19. The summed E-state index contributed by atoms with van der Waals surface area (Å²) >= 11 is 0. The largest absolute Gasteiger partial charge is 0.462 e. The third kappa shape index (κ3) is 3.00. The Morgan fingerprint density at radius 3 is 2.54 bits per heavy atom. The lowest BCUT2D eigenvalue weighted by Crippen LogP contribution is -2.23. The van der Waals surface area contributed by atoms with Crippen molar-refractivity contribution in [3.63, 3.8) is 0 Å². The number of aromatic nitrogens is 4. The standard InChI is InChI=1S/C20H26N4O2/c1-11(2)26-20-21-18-16(19(25)23(20)6)17(22-24(18)7)15-13(4)9-8-12(3)10-14(15)5/h9-11H,8H2,1-7H3. The van der Waals surface area contributed by atoms with E-state index in [0.29, 0.717) is 22.7 Å². The third-order valence-electron chi connectivity index (χ3n) is 4.58. The molecule has 3 rings (SSSR count). The van der Waals surface area contributed by atoms with Gasteiger partial charge in [0.05, 0.1) is 6.10 Å². The number of allylic oxidation sites excluding steroid dienone is 6. The monoisotopic (exact) mass is 354 g/mol. The van der Waals surface area contributed by atoms with Gasteiger partial charge in [0.15, 0.2) is 5.65 Å². The molecule has 2 aromatic rings. The molecule has 0 spiro atoms. The molecular formula is C20H26N4O2. The summed E-state index contributed by atoms with van der Waals surface area (Å²) in [5.41, 5.74) is 5.60. The van der Waals surface area contributed by atoms with Crippen molar-refractivity contribution in [2.75, 3.05) is 0 Å². The molecule has 0 bridgehead atoms. The van der Waals surface area contributed by atoms with E-state index in [1.54, 1.807) is 11.7 Å². The highest BCUT2D eigenvalue weighted by molar-refractivity contribution is 5.94. The van der Waals surface area contributed by atoms with Crippen LogP contribution in [0.5, 0.6) is 6.01 Å². The van der Waals surface area contributed by atoms with Crippen LogP contribution < -0.4 is 10.3 Å². The molecule has 0 saturated carbocycles. The molecule has 1 aliphatic carbocycles. The lowest BCUT2D eigenvalue weighted by Gasteiger charge is -2.12. The van der Waals surface area contributed by atoms with Crippen LogP contribution in [0.3, 0.4) is 0 Å². The fraction of sp³-hybridized carbons (Fsp3) is 0.450. The first kappa shape index (κ1) is 18.2. The van der Waals surface area contributed by atoms with Crippen molar-refractivity contribution in [2.24, 2.45) is 14.1 Å². The van der Waals surface area contributed by atoms with Gasteiger partial charge in [-0.25, -0.2) is 4.68 Å². The fourth-order valence-corrected chi connectivity index (χ4v) is 3.35. The quantitative estimate of drug-likeness (QED) is 0.846. The van der Waals surface area contributed by atoms with E-state index in [2.05, 4.69) is 43.0 Å². The highest BCUT2D eigenvalue weighted by Gasteiger charge is 2.23. The molecule has 0 radical (unpaired) electrons. The van der Waals surface area contributed by atoms with Crippen LogP contribution >= 0.6 is 0 Å². The Kier molecular flexibility index (Phi) is 4.61. The molecule has 0 aliphatic heterocycles. The van der Waals surface area contributed by atoms with Gasteiger partial charge < -0.3 is 4.74 Å². The summed E-state index contributed by atoms with van der Waals surface area (Å²) in [6.45, 7) is 10.1. The van der Waals surface area contributed by atoms with Crippen LogP contribution in [0.2, 0.25) is 0 Å². The summed E-state index contributed by atoms with van der Waals surface area (Å²) in [7, 11) is 3.49. The maximum Gasteiger partial charge on any atom is 0.301 e. The Hall–Kier alpha value is -2.63. The number of hydrogen-bond donors (Lipinski definition) is 0. The number of aryl methyl sites for hydroxylation is 1. The average Bonchev–Trinajstić information content (AvgIpc) is 2.79. The van der Waals surface area contributed by atoms with E-state index in [1.807, 2.05) is 20.9 Å². The number of hydrogen-bond acceptors (Lipinski definition) is 4. The molecule has 0 amide bonds. The maximum atomic E-state index is 13.1. The molecule has 26 heavy (non-hydrogen) atoms. The van der Waals surface area contributed by atoms with Crippen molar-refractivity contribution in [3.8, 4) is 6.01 Å². The molecule has 6 nitrogen and oxygen atoms in total. The van der Waals surface area contributed by atoms with Crippen molar-refractivity contribution in [1.29, 1.82) is 0 Å². The number of nitrogens with zero attached hydrogens (tertiary/aromatic N) is 4. The van der Waals surface area contributed by atoms with Crippen LogP contribution in [0, 0.1) is 0 Å². The van der Waals surface area contributed by atoms with Crippen LogP contribution in [0.1, 0.15) is 46.7 Å². The van der Waals surface area contributed by atoms with E-state index in [9.17, 15) is 4.79 Å². The van der Waals surface area contributed by atoms with Crippen LogP contribution in [-0.4, -0.2) is 25.4 Å². The van der Waals surface area contributed by atoms with Gasteiger partial charge in [0, 0.05) is 19.7 Å². The number of rotatable bonds is 3. The zero-order valence-electron chi connectivity index (χ0n) is 16.5. The van der Waals surface area contributed by atoms with E-state index < -0.39 is 0 Å². The molecule has 0 N–H and O–H groups in total. The smallest absolute Gasteiger partial charge is 0.301 e. The minimum Gasteiger partial charge on any atom is -0.462 e. The molecule has 0 saturated heterocycles. The second kappa shape index (κ2) is 6.59. The second-order valence-corrected chi connectivity index (χ2v) is 7.24. The second-order valence-electron chi connectivity index (χ2n) is 7.24. The molecule has 1 aliphatic rings. The molecule has 0 atom stereocenters. The zero-order valence-corrected chi connectivity index (χ0v) is 16.5. The van der Waals surface area contributed by atoms with Crippen LogP contribution in [0.25, 0.3) is 16.6 Å². The summed E-state index contributed by atoms with van der Waals surface area (Å²) in [5.74, 6) is 0. The average molecular weight is 354 g/mol. The van der Waals surface area contributed by atoms with E-state index in [0.717, 1.165) is 23.1 Å². The Balaban J connectivity index is 2.35. The third-order valence-corrected chi connectivity index (χ3v) is 4.58. The van der Waals surface area contributed by atoms with Gasteiger partial charge in [-0.3, -0.25) is 9.36 Å². The highest BCUT2D eigenvalue weighted by Crippen LogP contribution is 2.33. The van der Waals surface area contributed by atoms with Crippen LogP contribution in [0.15, 0.2) is 33.7 Å². The Labute approximate surface area is 153 Å². The van der Waals surface area contributed by atoms with Gasteiger partial charge in [-0.05, 0) is 52.2 Å². The Morgan fingerprint density at radius 1 is 1.19 bits per heavy atom. The predicted molar refractivity (Wildman–Crippen MR) is 104 cm³/mol. The lowest BCUT2D eigenvalue weighted by molar-refractivity contribution is 0.212. The van der Waals surface area contributed by atoms with Gasteiger partial charge in [-0.15, -0.1) is 0 Å². The summed E-state index contributed by atoms with van der Waals surface area (Å²) in [6, 6.07) is 0.307. The predicted octanol–water partition coefficient (Wildman–Crippen LogP) is 3.52.